The van der Waals surface area contributed by atoms with Crippen LogP contribution in [0.4, 0.5) is 8.78 Å². The molecule has 0 saturated carbocycles. The normalized spacial score (nSPS) is 11.7. The molecular formula is C19H17Cl2F2NO. The van der Waals surface area contributed by atoms with Crippen LogP contribution in [0, 0.1) is 0 Å². The third-order valence-electron chi connectivity index (χ3n) is 3.81. The lowest BCUT2D eigenvalue weighted by atomic mass is 9.98. The number of benzene rings is 2. The van der Waals surface area contributed by atoms with Crippen molar-refractivity contribution in [2.45, 2.75) is 25.8 Å². The van der Waals surface area contributed by atoms with E-state index in [1.54, 1.807) is 30.3 Å². The molecule has 2 nitrogen and oxygen atoms in total. The molecule has 25 heavy (non-hydrogen) atoms. The predicted molar refractivity (Wildman–Crippen MR) is 98.2 cm³/mol. The van der Waals surface area contributed by atoms with Crippen LogP contribution < -0.4 is 5.32 Å². The molecule has 1 unspecified atom stereocenters. The Morgan fingerprint density at radius 2 is 1.72 bits per heavy atom. The van der Waals surface area contributed by atoms with Crippen LogP contribution in [0.2, 0.25) is 10.0 Å². The summed E-state index contributed by atoms with van der Waals surface area (Å²) >= 11 is 11.8. The standard InChI is InChI=1S/C19H17Cl2F2NO/c1-2-14(24-19(25)12-6-4-3-5-7-12)11-15(18(22)23)13-8-9-16(20)17(21)10-13/h3-10,14H,2,11H2,1H3,(H,24,25). The van der Waals surface area contributed by atoms with Crippen molar-refractivity contribution in [2.75, 3.05) is 0 Å². The molecule has 1 amide bonds. The van der Waals surface area contributed by atoms with E-state index in [-0.39, 0.29) is 22.9 Å². The summed E-state index contributed by atoms with van der Waals surface area (Å²) in [6.07, 6.45) is -1.29. The fourth-order valence-corrected chi connectivity index (χ4v) is 2.69. The molecule has 0 aliphatic heterocycles. The summed E-state index contributed by atoms with van der Waals surface area (Å²) in [5.74, 6) is -0.291. The zero-order valence-corrected chi connectivity index (χ0v) is 15.0. The van der Waals surface area contributed by atoms with Crippen LogP contribution in [0.5, 0.6) is 0 Å². The van der Waals surface area contributed by atoms with Crippen LogP contribution in [0.3, 0.4) is 0 Å². The Labute approximate surface area is 155 Å². The van der Waals surface area contributed by atoms with Gasteiger partial charge in [-0.3, -0.25) is 4.79 Å². The second-order valence-corrected chi connectivity index (χ2v) is 6.33. The van der Waals surface area contributed by atoms with Crippen molar-refractivity contribution >= 4 is 34.7 Å². The zero-order chi connectivity index (χ0) is 18.4. The summed E-state index contributed by atoms with van der Waals surface area (Å²) in [7, 11) is 0. The lowest BCUT2D eigenvalue weighted by molar-refractivity contribution is 0.0936. The quantitative estimate of drug-likeness (QED) is 0.631. The third-order valence-corrected chi connectivity index (χ3v) is 4.55. The van der Waals surface area contributed by atoms with Crippen LogP contribution in [0.1, 0.15) is 35.7 Å². The molecule has 6 heteroatoms. The van der Waals surface area contributed by atoms with Gasteiger partial charge in [-0.15, -0.1) is 0 Å². The van der Waals surface area contributed by atoms with Crippen molar-refractivity contribution in [1.82, 2.24) is 5.32 Å². The number of carbonyl (C=O) groups is 1. The van der Waals surface area contributed by atoms with Crippen molar-refractivity contribution in [1.29, 1.82) is 0 Å². The Morgan fingerprint density at radius 3 is 2.28 bits per heavy atom. The summed E-state index contributed by atoms with van der Waals surface area (Å²) in [6, 6.07) is 12.6. The molecule has 2 aromatic carbocycles. The summed E-state index contributed by atoms with van der Waals surface area (Å²) in [5.41, 5.74) is 0.627. The first-order valence-electron chi connectivity index (χ1n) is 7.77. The first kappa shape index (κ1) is 19.4. The van der Waals surface area contributed by atoms with E-state index in [1.807, 2.05) is 6.92 Å². The van der Waals surface area contributed by atoms with Crippen molar-refractivity contribution in [3.63, 3.8) is 0 Å². The van der Waals surface area contributed by atoms with Gasteiger partial charge in [0.25, 0.3) is 12.0 Å². The maximum absolute atomic E-state index is 13.5. The molecule has 2 rings (SSSR count). The van der Waals surface area contributed by atoms with Crippen LogP contribution in [0.25, 0.3) is 5.57 Å². The Kier molecular flexibility index (Phi) is 6.97. The lowest BCUT2D eigenvalue weighted by Crippen LogP contribution is -2.34. The van der Waals surface area contributed by atoms with Crippen molar-refractivity contribution < 1.29 is 13.6 Å². The minimum atomic E-state index is -1.80. The van der Waals surface area contributed by atoms with Gasteiger partial charge in [-0.25, -0.2) is 0 Å². The maximum atomic E-state index is 13.5. The van der Waals surface area contributed by atoms with E-state index in [1.165, 1.54) is 18.2 Å². The second-order valence-electron chi connectivity index (χ2n) is 5.52. The number of hydrogen-bond donors (Lipinski definition) is 1. The summed E-state index contributed by atoms with van der Waals surface area (Å²) in [6.45, 7) is 1.83. The van der Waals surface area contributed by atoms with E-state index in [0.717, 1.165) is 0 Å². The molecule has 0 bridgehead atoms. The first-order chi connectivity index (χ1) is 11.9. The number of carbonyl (C=O) groups excluding carboxylic acids is 1. The molecule has 0 fully saturated rings. The molecule has 0 aromatic heterocycles. The first-order valence-corrected chi connectivity index (χ1v) is 8.53. The monoisotopic (exact) mass is 383 g/mol. The van der Waals surface area contributed by atoms with Gasteiger partial charge in [0.1, 0.15) is 0 Å². The number of amides is 1. The van der Waals surface area contributed by atoms with Gasteiger partial charge in [0.05, 0.1) is 10.0 Å². The van der Waals surface area contributed by atoms with E-state index in [4.69, 9.17) is 23.2 Å². The Morgan fingerprint density at radius 1 is 1.04 bits per heavy atom. The summed E-state index contributed by atoms with van der Waals surface area (Å²) in [4.78, 5) is 12.2. The Balaban J connectivity index is 2.18. The van der Waals surface area contributed by atoms with E-state index in [9.17, 15) is 13.6 Å². The highest BCUT2D eigenvalue weighted by molar-refractivity contribution is 6.42. The molecular weight excluding hydrogens is 367 g/mol. The van der Waals surface area contributed by atoms with E-state index in [2.05, 4.69) is 5.32 Å². The second kappa shape index (κ2) is 8.97. The van der Waals surface area contributed by atoms with E-state index in [0.29, 0.717) is 22.6 Å². The van der Waals surface area contributed by atoms with Crippen molar-refractivity contribution in [3.05, 3.63) is 75.8 Å². The highest BCUT2D eigenvalue weighted by Gasteiger charge is 2.19. The number of hydrogen-bond acceptors (Lipinski definition) is 1. The molecule has 0 heterocycles. The SMILES string of the molecule is CCC(CC(=C(F)F)c1ccc(Cl)c(Cl)c1)NC(=O)c1ccccc1. The van der Waals surface area contributed by atoms with E-state index >= 15 is 0 Å². The fourth-order valence-electron chi connectivity index (χ4n) is 2.39. The van der Waals surface area contributed by atoms with Gasteiger partial charge in [0, 0.05) is 17.2 Å². The Hall–Kier alpha value is -1.91. The van der Waals surface area contributed by atoms with Crippen LogP contribution in [-0.4, -0.2) is 11.9 Å². The van der Waals surface area contributed by atoms with E-state index < -0.39 is 12.1 Å². The fraction of sp³-hybridized carbons (Fsp3) is 0.211. The molecule has 0 aliphatic rings. The number of rotatable bonds is 6. The van der Waals surface area contributed by atoms with Crippen molar-refractivity contribution in [2.24, 2.45) is 0 Å². The Bertz CT molecular complexity index is 774. The molecule has 0 saturated heterocycles. The minimum Gasteiger partial charge on any atom is -0.349 e. The minimum absolute atomic E-state index is 0.00460. The predicted octanol–water partition coefficient (Wildman–Crippen LogP) is 6.20. The molecule has 0 aliphatic carbocycles. The average Bonchev–Trinajstić information content (AvgIpc) is 2.61. The maximum Gasteiger partial charge on any atom is 0.274 e. The van der Waals surface area contributed by atoms with Gasteiger partial charge in [-0.05, 0) is 42.7 Å². The zero-order valence-electron chi connectivity index (χ0n) is 13.5. The largest absolute Gasteiger partial charge is 0.349 e. The molecule has 1 atom stereocenters. The van der Waals surface area contributed by atoms with Gasteiger partial charge in [-0.2, -0.15) is 8.78 Å². The molecule has 2 aromatic rings. The molecule has 0 radical (unpaired) electrons. The van der Waals surface area contributed by atoms with Crippen LogP contribution in [0.15, 0.2) is 54.6 Å². The molecule has 132 valence electrons. The van der Waals surface area contributed by atoms with Gasteiger partial charge in [0.2, 0.25) is 0 Å². The summed E-state index contributed by atoms with van der Waals surface area (Å²) < 4.78 is 26.9. The third kappa shape index (κ3) is 5.28. The van der Waals surface area contributed by atoms with Crippen molar-refractivity contribution in [3.8, 4) is 0 Å². The smallest absolute Gasteiger partial charge is 0.274 e. The topological polar surface area (TPSA) is 29.1 Å². The van der Waals surface area contributed by atoms with Gasteiger partial charge < -0.3 is 5.32 Å². The molecule has 0 spiro atoms. The van der Waals surface area contributed by atoms with Crippen LogP contribution >= 0.6 is 23.2 Å². The highest BCUT2D eigenvalue weighted by Crippen LogP contribution is 2.31. The van der Waals surface area contributed by atoms with Crippen LogP contribution in [-0.2, 0) is 0 Å². The lowest BCUT2D eigenvalue weighted by Gasteiger charge is -2.19. The number of halogens is 4. The van der Waals surface area contributed by atoms with Gasteiger partial charge in [-0.1, -0.05) is 54.4 Å². The van der Waals surface area contributed by atoms with Gasteiger partial charge >= 0.3 is 0 Å². The summed E-state index contributed by atoms with van der Waals surface area (Å²) in [5, 5.41) is 3.31. The highest BCUT2D eigenvalue weighted by atomic mass is 35.5. The molecule has 1 N–H and O–H groups in total. The number of nitrogens with one attached hydrogen (secondary N) is 1. The van der Waals surface area contributed by atoms with Gasteiger partial charge in [0.15, 0.2) is 0 Å². The average molecular weight is 384 g/mol.